The summed E-state index contributed by atoms with van der Waals surface area (Å²) in [5.41, 5.74) is 0.985. The molecule has 0 aliphatic carbocycles. The summed E-state index contributed by atoms with van der Waals surface area (Å²) < 4.78 is 27.4. The molecule has 150 valence electrons. The van der Waals surface area contributed by atoms with Gasteiger partial charge in [-0.3, -0.25) is 9.00 Å². The Bertz CT molecular complexity index is 883. The van der Waals surface area contributed by atoms with Gasteiger partial charge in [-0.05, 0) is 36.8 Å². The van der Waals surface area contributed by atoms with Crippen molar-refractivity contribution in [3.8, 4) is 11.5 Å². The first kappa shape index (κ1) is 21.4. The minimum absolute atomic E-state index is 0.183. The van der Waals surface area contributed by atoms with Gasteiger partial charge in [0, 0.05) is 12.8 Å². The highest BCUT2D eigenvalue weighted by Gasteiger charge is 2.21. The molecule has 0 saturated heterocycles. The Labute approximate surface area is 166 Å². The Morgan fingerprint density at radius 3 is 2.39 bits per heavy atom. The molecule has 0 spiro atoms. The normalized spacial score (nSPS) is 12.6. The average Bonchev–Trinajstić information content (AvgIpc) is 2.71. The number of benzene rings is 2. The van der Waals surface area contributed by atoms with E-state index in [-0.39, 0.29) is 12.1 Å². The van der Waals surface area contributed by atoms with Crippen molar-refractivity contribution < 1.29 is 28.0 Å². The fraction of sp³-hybridized carbons (Fsp3) is 0.300. The Balaban J connectivity index is 1.98. The molecule has 0 fully saturated rings. The predicted octanol–water partition coefficient (Wildman–Crippen LogP) is 2.30. The van der Waals surface area contributed by atoms with Crippen LogP contribution in [-0.4, -0.2) is 42.7 Å². The SMILES string of the molecule is COc1ccc(CNC(=O)[C@@H](C)OC(=O)c2ccccc2[S@@](C)=O)cc1OC. The van der Waals surface area contributed by atoms with E-state index in [1.54, 1.807) is 43.5 Å². The Morgan fingerprint density at radius 2 is 1.75 bits per heavy atom. The van der Waals surface area contributed by atoms with Gasteiger partial charge in [0.25, 0.3) is 5.91 Å². The second-order valence-electron chi connectivity index (χ2n) is 5.90. The van der Waals surface area contributed by atoms with Crippen molar-refractivity contribution in [3.05, 3.63) is 53.6 Å². The largest absolute Gasteiger partial charge is 0.493 e. The fourth-order valence-electron chi connectivity index (χ4n) is 2.49. The van der Waals surface area contributed by atoms with Crippen LogP contribution in [0.25, 0.3) is 0 Å². The molecule has 28 heavy (non-hydrogen) atoms. The number of hydrogen-bond donors (Lipinski definition) is 1. The van der Waals surface area contributed by atoms with Crippen molar-refractivity contribution in [1.29, 1.82) is 0 Å². The van der Waals surface area contributed by atoms with Gasteiger partial charge in [-0.1, -0.05) is 18.2 Å². The second kappa shape index (κ2) is 9.89. The maximum atomic E-state index is 12.3. The van der Waals surface area contributed by atoms with Crippen molar-refractivity contribution in [2.75, 3.05) is 20.5 Å². The van der Waals surface area contributed by atoms with E-state index >= 15 is 0 Å². The molecule has 0 aliphatic heterocycles. The summed E-state index contributed by atoms with van der Waals surface area (Å²) in [6, 6.07) is 11.7. The van der Waals surface area contributed by atoms with E-state index in [0.29, 0.717) is 16.4 Å². The van der Waals surface area contributed by atoms with E-state index in [0.717, 1.165) is 5.56 Å². The number of hydrogen-bond acceptors (Lipinski definition) is 6. The van der Waals surface area contributed by atoms with E-state index in [9.17, 15) is 13.8 Å². The second-order valence-corrected chi connectivity index (χ2v) is 7.25. The molecule has 0 radical (unpaired) electrons. The lowest BCUT2D eigenvalue weighted by molar-refractivity contribution is -0.129. The highest BCUT2D eigenvalue weighted by atomic mass is 32.2. The standard InChI is InChI=1S/C20H23NO6S/c1-13(27-20(23)15-7-5-6-8-18(15)28(4)24)19(22)21-12-14-9-10-16(25-2)17(11-14)26-3/h5-11,13H,12H2,1-4H3,(H,21,22)/t13-,28-/m1/s1. The first-order chi connectivity index (χ1) is 13.4. The number of esters is 1. The molecule has 0 heterocycles. The average molecular weight is 405 g/mol. The molecule has 8 heteroatoms. The van der Waals surface area contributed by atoms with E-state index in [1.807, 2.05) is 0 Å². The summed E-state index contributed by atoms with van der Waals surface area (Å²) in [6.45, 7) is 1.71. The summed E-state index contributed by atoms with van der Waals surface area (Å²) in [7, 11) is 1.73. The Morgan fingerprint density at radius 1 is 1.07 bits per heavy atom. The molecular formula is C20H23NO6S. The summed E-state index contributed by atoms with van der Waals surface area (Å²) >= 11 is 0. The van der Waals surface area contributed by atoms with E-state index in [4.69, 9.17) is 14.2 Å². The quantitative estimate of drug-likeness (QED) is 0.678. The molecule has 2 aromatic carbocycles. The van der Waals surface area contributed by atoms with Crippen LogP contribution in [-0.2, 0) is 26.9 Å². The van der Waals surface area contributed by atoms with Crippen LogP contribution >= 0.6 is 0 Å². The van der Waals surface area contributed by atoms with Gasteiger partial charge in [0.15, 0.2) is 17.6 Å². The van der Waals surface area contributed by atoms with Gasteiger partial charge in [-0.25, -0.2) is 4.79 Å². The summed E-state index contributed by atoms with van der Waals surface area (Å²) in [6.07, 6.45) is 0.469. The minimum Gasteiger partial charge on any atom is -0.493 e. The molecule has 0 bridgehead atoms. The summed E-state index contributed by atoms with van der Waals surface area (Å²) in [5.74, 6) is 0.00236. The first-order valence-electron chi connectivity index (χ1n) is 8.49. The molecule has 0 saturated carbocycles. The van der Waals surface area contributed by atoms with Crippen molar-refractivity contribution >= 4 is 22.7 Å². The molecule has 1 amide bonds. The third-order valence-electron chi connectivity index (χ3n) is 3.98. The Hall–Kier alpha value is -2.87. The van der Waals surface area contributed by atoms with Gasteiger partial charge in [0.1, 0.15) is 0 Å². The smallest absolute Gasteiger partial charge is 0.340 e. The highest BCUT2D eigenvalue weighted by Crippen LogP contribution is 2.27. The van der Waals surface area contributed by atoms with Gasteiger partial charge in [-0.2, -0.15) is 0 Å². The molecule has 7 nitrogen and oxygen atoms in total. The molecule has 2 aromatic rings. The lowest BCUT2D eigenvalue weighted by Crippen LogP contribution is -2.35. The molecular weight excluding hydrogens is 382 g/mol. The lowest BCUT2D eigenvalue weighted by Gasteiger charge is -2.15. The molecule has 2 rings (SSSR count). The summed E-state index contributed by atoms with van der Waals surface area (Å²) in [5, 5.41) is 2.71. The van der Waals surface area contributed by atoms with Gasteiger partial charge < -0.3 is 19.5 Å². The first-order valence-corrected chi connectivity index (χ1v) is 10.0. The van der Waals surface area contributed by atoms with Crippen LogP contribution in [0.3, 0.4) is 0 Å². The van der Waals surface area contributed by atoms with Crippen LogP contribution in [0.5, 0.6) is 11.5 Å². The van der Waals surface area contributed by atoms with Crippen molar-refractivity contribution in [2.45, 2.75) is 24.5 Å². The van der Waals surface area contributed by atoms with E-state index < -0.39 is 28.8 Å². The predicted molar refractivity (Wildman–Crippen MR) is 105 cm³/mol. The van der Waals surface area contributed by atoms with Gasteiger partial charge >= 0.3 is 5.97 Å². The van der Waals surface area contributed by atoms with Crippen LogP contribution < -0.4 is 14.8 Å². The van der Waals surface area contributed by atoms with Gasteiger partial charge in [-0.15, -0.1) is 0 Å². The van der Waals surface area contributed by atoms with E-state index in [2.05, 4.69) is 5.32 Å². The number of amides is 1. The molecule has 0 aromatic heterocycles. The van der Waals surface area contributed by atoms with Crippen molar-refractivity contribution in [3.63, 3.8) is 0 Å². The molecule has 1 N–H and O–H groups in total. The van der Waals surface area contributed by atoms with Crippen molar-refractivity contribution in [1.82, 2.24) is 5.32 Å². The molecule has 2 atom stereocenters. The number of nitrogens with one attached hydrogen (secondary N) is 1. The van der Waals surface area contributed by atoms with Gasteiger partial charge in [0.2, 0.25) is 0 Å². The summed E-state index contributed by atoms with van der Waals surface area (Å²) in [4.78, 5) is 25.0. The lowest BCUT2D eigenvalue weighted by atomic mass is 10.2. The van der Waals surface area contributed by atoms with Crippen LogP contribution in [0.2, 0.25) is 0 Å². The zero-order chi connectivity index (χ0) is 20.7. The number of rotatable bonds is 8. The zero-order valence-corrected chi connectivity index (χ0v) is 17.0. The van der Waals surface area contributed by atoms with Crippen molar-refractivity contribution in [2.24, 2.45) is 0 Å². The number of carbonyl (C=O) groups excluding carboxylic acids is 2. The molecule has 0 aliphatic rings. The molecule has 0 unspecified atom stereocenters. The number of carbonyl (C=O) groups is 2. The third-order valence-corrected chi connectivity index (χ3v) is 4.96. The van der Waals surface area contributed by atoms with E-state index in [1.165, 1.54) is 26.4 Å². The monoisotopic (exact) mass is 405 g/mol. The minimum atomic E-state index is -1.34. The topological polar surface area (TPSA) is 90.9 Å². The fourth-order valence-corrected chi connectivity index (χ4v) is 3.22. The maximum Gasteiger partial charge on any atom is 0.340 e. The number of ether oxygens (including phenoxy) is 3. The highest BCUT2D eigenvalue weighted by molar-refractivity contribution is 7.84. The van der Waals surface area contributed by atoms with Gasteiger partial charge in [0.05, 0.1) is 35.5 Å². The zero-order valence-electron chi connectivity index (χ0n) is 16.2. The Kier molecular flexibility index (Phi) is 7.57. The van der Waals surface area contributed by atoms with Crippen LogP contribution in [0, 0.1) is 0 Å². The number of methoxy groups -OCH3 is 2. The van der Waals surface area contributed by atoms with Crippen LogP contribution in [0.15, 0.2) is 47.4 Å². The van der Waals surface area contributed by atoms with Crippen LogP contribution in [0.1, 0.15) is 22.8 Å². The van der Waals surface area contributed by atoms with Crippen LogP contribution in [0.4, 0.5) is 0 Å². The maximum absolute atomic E-state index is 12.3. The third kappa shape index (κ3) is 5.32.